The molecule has 0 aromatic heterocycles. The molecular weight excluding hydrogens is 178 g/mol. The molecule has 3 heteroatoms. The lowest BCUT2D eigenvalue weighted by molar-refractivity contribution is 0.127. The maximum Gasteiger partial charge on any atom is 0.410 e. The van der Waals surface area contributed by atoms with Gasteiger partial charge in [-0.1, -0.05) is 24.3 Å². The average Bonchev–Trinajstić information content (AvgIpc) is 2.61. The summed E-state index contributed by atoms with van der Waals surface area (Å²) in [4.78, 5) is 13.4. The first-order chi connectivity index (χ1) is 6.86. The Morgan fingerprint density at radius 2 is 2.14 bits per heavy atom. The van der Waals surface area contributed by atoms with E-state index in [0.717, 1.165) is 6.42 Å². The number of ether oxygens (including phenoxy) is 1. The molecule has 1 aliphatic carbocycles. The van der Waals surface area contributed by atoms with Gasteiger partial charge in [-0.2, -0.15) is 0 Å². The van der Waals surface area contributed by atoms with Crippen molar-refractivity contribution in [3.05, 3.63) is 24.3 Å². The van der Waals surface area contributed by atoms with E-state index in [9.17, 15) is 4.79 Å². The summed E-state index contributed by atoms with van der Waals surface area (Å²) in [6.07, 6.45) is 10.5. The number of rotatable bonds is 0. The lowest BCUT2D eigenvalue weighted by Gasteiger charge is -2.39. The van der Waals surface area contributed by atoms with Crippen LogP contribution in [0.25, 0.3) is 0 Å². The van der Waals surface area contributed by atoms with E-state index >= 15 is 0 Å². The molecule has 2 saturated heterocycles. The largest absolute Gasteiger partial charge is 0.447 e. The van der Waals surface area contributed by atoms with Crippen LogP contribution < -0.4 is 0 Å². The van der Waals surface area contributed by atoms with Gasteiger partial charge < -0.3 is 4.74 Å². The van der Waals surface area contributed by atoms with Crippen LogP contribution in [0, 0.1) is 5.92 Å². The fraction of sp³-hybridized carbons (Fsp3) is 0.545. The second-order valence-electron chi connectivity index (χ2n) is 4.14. The smallest absolute Gasteiger partial charge is 0.410 e. The van der Waals surface area contributed by atoms with Gasteiger partial charge in [0, 0.05) is 5.92 Å². The molecule has 3 unspecified atom stereocenters. The van der Waals surface area contributed by atoms with E-state index in [1.54, 1.807) is 0 Å². The predicted molar refractivity (Wildman–Crippen MR) is 51.8 cm³/mol. The predicted octanol–water partition coefficient (Wildman–Crippen LogP) is 1.71. The Balaban J connectivity index is 1.92. The number of piperidine rings is 1. The molecule has 0 spiro atoms. The van der Waals surface area contributed by atoms with Crippen LogP contribution in [-0.2, 0) is 4.74 Å². The second-order valence-corrected chi connectivity index (χ2v) is 4.14. The van der Waals surface area contributed by atoms with Crippen molar-refractivity contribution in [1.82, 2.24) is 4.90 Å². The van der Waals surface area contributed by atoms with Gasteiger partial charge in [0.05, 0.1) is 12.1 Å². The normalized spacial score (nSPS) is 39.3. The molecule has 3 atom stereocenters. The van der Waals surface area contributed by atoms with Crippen molar-refractivity contribution >= 4 is 6.09 Å². The van der Waals surface area contributed by atoms with Gasteiger partial charge in [-0.3, -0.25) is 4.90 Å². The summed E-state index contributed by atoms with van der Waals surface area (Å²) >= 11 is 0. The molecule has 0 aromatic carbocycles. The molecule has 0 N–H and O–H groups in total. The minimum absolute atomic E-state index is 0.135. The fourth-order valence-electron chi connectivity index (χ4n) is 2.65. The molecule has 74 valence electrons. The summed E-state index contributed by atoms with van der Waals surface area (Å²) in [5.41, 5.74) is 0. The molecule has 3 rings (SSSR count). The molecule has 1 amide bonds. The Kier molecular flexibility index (Phi) is 1.66. The maximum absolute atomic E-state index is 11.5. The number of hydrogen-bond acceptors (Lipinski definition) is 2. The molecule has 0 radical (unpaired) electrons. The summed E-state index contributed by atoms with van der Waals surface area (Å²) in [7, 11) is 0. The van der Waals surface area contributed by atoms with Crippen molar-refractivity contribution in [2.45, 2.75) is 24.9 Å². The molecule has 14 heavy (non-hydrogen) atoms. The molecule has 3 nitrogen and oxygen atoms in total. The first kappa shape index (κ1) is 8.09. The second kappa shape index (κ2) is 2.87. The molecule has 3 aliphatic rings. The molecule has 2 heterocycles. The highest BCUT2D eigenvalue weighted by atomic mass is 16.6. The standard InChI is InChI=1S/C11H13NO2/c13-11-12-9(7-14-11)6-5-8-3-1-2-4-10(8)12/h1-4,8-10H,5-7H2. The highest BCUT2D eigenvalue weighted by Gasteiger charge is 2.43. The van der Waals surface area contributed by atoms with Crippen molar-refractivity contribution < 1.29 is 9.53 Å². The average molecular weight is 191 g/mol. The zero-order valence-electron chi connectivity index (χ0n) is 7.93. The van der Waals surface area contributed by atoms with Gasteiger partial charge in [0.1, 0.15) is 6.61 Å². The Hall–Kier alpha value is -1.25. The summed E-state index contributed by atoms with van der Waals surface area (Å²) in [6.45, 7) is 0.583. The van der Waals surface area contributed by atoms with Crippen LogP contribution in [0.5, 0.6) is 0 Å². The number of allylic oxidation sites excluding steroid dienone is 2. The fourth-order valence-corrected chi connectivity index (χ4v) is 2.65. The minimum atomic E-state index is -0.135. The zero-order valence-corrected chi connectivity index (χ0v) is 7.93. The van der Waals surface area contributed by atoms with Crippen LogP contribution in [0.1, 0.15) is 12.8 Å². The van der Waals surface area contributed by atoms with Gasteiger partial charge in [0.25, 0.3) is 0 Å². The topological polar surface area (TPSA) is 29.5 Å². The van der Waals surface area contributed by atoms with E-state index in [-0.39, 0.29) is 12.1 Å². The highest BCUT2D eigenvalue weighted by molar-refractivity contribution is 5.71. The first-order valence-corrected chi connectivity index (χ1v) is 5.16. The van der Waals surface area contributed by atoms with Gasteiger partial charge in [-0.15, -0.1) is 0 Å². The van der Waals surface area contributed by atoms with Crippen LogP contribution in [0.3, 0.4) is 0 Å². The SMILES string of the molecule is O=C1OCC2CCC3C=CC=CC3N12. The van der Waals surface area contributed by atoms with Crippen molar-refractivity contribution in [2.24, 2.45) is 5.92 Å². The Morgan fingerprint density at radius 3 is 3.07 bits per heavy atom. The minimum Gasteiger partial charge on any atom is -0.447 e. The van der Waals surface area contributed by atoms with Crippen molar-refractivity contribution in [1.29, 1.82) is 0 Å². The van der Waals surface area contributed by atoms with E-state index in [4.69, 9.17) is 4.74 Å². The molecular formula is C11H13NO2. The number of amides is 1. The van der Waals surface area contributed by atoms with Crippen molar-refractivity contribution in [2.75, 3.05) is 6.61 Å². The Bertz CT molecular complexity index is 321. The molecule has 2 fully saturated rings. The van der Waals surface area contributed by atoms with Crippen LogP contribution in [0.2, 0.25) is 0 Å². The Morgan fingerprint density at radius 1 is 1.29 bits per heavy atom. The zero-order chi connectivity index (χ0) is 9.54. The van der Waals surface area contributed by atoms with Gasteiger partial charge in [0.15, 0.2) is 0 Å². The van der Waals surface area contributed by atoms with E-state index < -0.39 is 0 Å². The maximum atomic E-state index is 11.5. The number of fused-ring (bicyclic) bond motifs is 3. The number of cyclic esters (lactones) is 1. The van der Waals surface area contributed by atoms with Crippen LogP contribution in [0.15, 0.2) is 24.3 Å². The van der Waals surface area contributed by atoms with E-state index in [0.29, 0.717) is 18.6 Å². The molecule has 0 bridgehead atoms. The first-order valence-electron chi connectivity index (χ1n) is 5.16. The quantitative estimate of drug-likeness (QED) is 0.583. The van der Waals surface area contributed by atoms with Crippen LogP contribution >= 0.6 is 0 Å². The summed E-state index contributed by atoms with van der Waals surface area (Å²) < 4.78 is 5.08. The van der Waals surface area contributed by atoms with Gasteiger partial charge in [0.2, 0.25) is 0 Å². The lowest BCUT2D eigenvalue weighted by Crippen LogP contribution is -2.49. The third-order valence-electron chi connectivity index (χ3n) is 3.37. The van der Waals surface area contributed by atoms with Gasteiger partial charge >= 0.3 is 6.09 Å². The van der Waals surface area contributed by atoms with Gasteiger partial charge in [-0.05, 0) is 12.8 Å². The number of carbonyl (C=O) groups excluding carboxylic acids is 1. The number of hydrogen-bond donors (Lipinski definition) is 0. The summed E-state index contributed by atoms with van der Waals surface area (Å²) in [5.74, 6) is 0.502. The van der Waals surface area contributed by atoms with Gasteiger partial charge in [-0.25, -0.2) is 4.79 Å². The van der Waals surface area contributed by atoms with E-state index in [2.05, 4.69) is 18.2 Å². The highest BCUT2D eigenvalue weighted by Crippen LogP contribution is 2.35. The lowest BCUT2D eigenvalue weighted by atomic mass is 9.84. The molecule has 2 aliphatic heterocycles. The monoisotopic (exact) mass is 191 g/mol. The van der Waals surface area contributed by atoms with Crippen LogP contribution in [-0.4, -0.2) is 29.7 Å². The number of nitrogens with zero attached hydrogens (tertiary/aromatic N) is 1. The van der Waals surface area contributed by atoms with E-state index in [1.807, 2.05) is 11.0 Å². The van der Waals surface area contributed by atoms with Crippen LogP contribution in [0.4, 0.5) is 4.79 Å². The summed E-state index contributed by atoms with van der Waals surface area (Å²) in [5, 5.41) is 0. The van der Waals surface area contributed by atoms with Crippen molar-refractivity contribution in [3.8, 4) is 0 Å². The van der Waals surface area contributed by atoms with E-state index in [1.165, 1.54) is 6.42 Å². The molecule has 0 aromatic rings. The molecule has 0 saturated carbocycles. The number of carbonyl (C=O) groups is 1. The third-order valence-corrected chi connectivity index (χ3v) is 3.37. The van der Waals surface area contributed by atoms with Crippen molar-refractivity contribution in [3.63, 3.8) is 0 Å². The Labute approximate surface area is 83.0 Å². The third kappa shape index (κ3) is 1.01. The summed E-state index contributed by atoms with van der Waals surface area (Å²) in [6, 6.07) is 0.564.